The van der Waals surface area contributed by atoms with E-state index in [0.717, 1.165) is 42.5 Å². The fraction of sp³-hybridized carbons (Fsp3) is 0.565. The Morgan fingerprint density at radius 2 is 2.00 bits per heavy atom. The van der Waals surface area contributed by atoms with Gasteiger partial charge in [0, 0.05) is 42.9 Å². The van der Waals surface area contributed by atoms with Crippen LogP contribution in [0.15, 0.2) is 22.6 Å². The van der Waals surface area contributed by atoms with Gasteiger partial charge in [-0.1, -0.05) is 6.92 Å². The van der Waals surface area contributed by atoms with Crippen LogP contribution in [0.1, 0.15) is 50.4 Å². The molecule has 0 spiro atoms. The second kappa shape index (κ2) is 8.89. The van der Waals surface area contributed by atoms with Gasteiger partial charge in [0.25, 0.3) is 5.91 Å². The van der Waals surface area contributed by atoms with Gasteiger partial charge in [-0.05, 0) is 56.7 Å². The SMILES string of the molecule is CCCNC(=O)C1CCN(C(=O)COc2ccc3oc4c(c3c2)CCCC4)CC1. The number of likely N-dealkylation sites (tertiary alicyclic amines) is 1. The number of carbonyl (C=O) groups is 2. The molecule has 4 rings (SSSR count). The topological polar surface area (TPSA) is 71.8 Å². The molecule has 1 saturated heterocycles. The number of fused-ring (bicyclic) bond motifs is 3. The zero-order valence-electron chi connectivity index (χ0n) is 17.2. The van der Waals surface area contributed by atoms with Gasteiger partial charge in [-0.25, -0.2) is 0 Å². The minimum absolute atomic E-state index is 0.0150. The highest BCUT2D eigenvalue weighted by Gasteiger charge is 2.27. The molecule has 1 N–H and O–H groups in total. The summed E-state index contributed by atoms with van der Waals surface area (Å²) in [7, 11) is 0. The standard InChI is InChI=1S/C23H30N2O4/c1-2-11-24-23(27)16-9-12-25(13-10-16)22(26)15-28-17-7-8-21-19(14-17)18-5-3-4-6-20(18)29-21/h7-8,14,16H,2-6,9-13,15H2,1H3,(H,24,27). The first kappa shape index (κ1) is 19.8. The van der Waals surface area contributed by atoms with Crippen LogP contribution in [0.2, 0.25) is 0 Å². The Balaban J connectivity index is 1.30. The molecule has 0 saturated carbocycles. The Morgan fingerprint density at radius 1 is 1.21 bits per heavy atom. The number of nitrogens with one attached hydrogen (secondary N) is 1. The van der Waals surface area contributed by atoms with E-state index >= 15 is 0 Å². The third kappa shape index (κ3) is 4.41. The molecule has 1 aliphatic heterocycles. The highest BCUT2D eigenvalue weighted by Crippen LogP contribution is 2.34. The fourth-order valence-corrected chi connectivity index (χ4v) is 4.35. The molecule has 1 aromatic heterocycles. The van der Waals surface area contributed by atoms with Crippen LogP contribution < -0.4 is 10.1 Å². The average Bonchev–Trinajstić information content (AvgIpc) is 3.14. The van der Waals surface area contributed by atoms with Crippen LogP contribution in [0.3, 0.4) is 0 Å². The Morgan fingerprint density at radius 3 is 2.79 bits per heavy atom. The zero-order valence-corrected chi connectivity index (χ0v) is 17.2. The number of furan rings is 1. The van der Waals surface area contributed by atoms with E-state index in [9.17, 15) is 9.59 Å². The van der Waals surface area contributed by atoms with Crippen LogP contribution in [-0.2, 0) is 22.4 Å². The molecule has 2 aromatic rings. The molecule has 0 unspecified atom stereocenters. The van der Waals surface area contributed by atoms with Gasteiger partial charge in [0.05, 0.1) is 0 Å². The molecule has 1 fully saturated rings. The van der Waals surface area contributed by atoms with Gasteiger partial charge in [-0.2, -0.15) is 0 Å². The number of nitrogens with zero attached hydrogens (tertiary/aromatic N) is 1. The van der Waals surface area contributed by atoms with Crippen molar-refractivity contribution < 1.29 is 18.7 Å². The Kier molecular flexibility index (Phi) is 6.07. The van der Waals surface area contributed by atoms with E-state index < -0.39 is 0 Å². The van der Waals surface area contributed by atoms with Gasteiger partial charge in [-0.15, -0.1) is 0 Å². The van der Waals surface area contributed by atoms with Crippen molar-refractivity contribution in [3.05, 3.63) is 29.5 Å². The maximum Gasteiger partial charge on any atom is 0.260 e. The lowest BCUT2D eigenvalue weighted by Gasteiger charge is -2.31. The van der Waals surface area contributed by atoms with Gasteiger partial charge in [0.15, 0.2) is 6.61 Å². The minimum atomic E-state index is -0.0215. The number of aryl methyl sites for hydroxylation is 2. The van der Waals surface area contributed by atoms with Crippen LogP contribution in [-0.4, -0.2) is 43.0 Å². The highest BCUT2D eigenvalue weighted by molar-refractivity contribution is 5.84. The van der Waals surface area contributed by atoms with Gasteiger partial charge in [-0.3, -0.25) is 9.59 Å². The summed E-state index contributed by atoms with van der Waals surface area (Å²) in [6.45, 7) is 4.01. The fourth-order valence-electron chi connectivity index (χ4n) is 4.35. The van der Waals surface area contributed by atoms with Crippen molar-refractivity contribution >= 4 is 22.8 Å². The Labute approximate surface area is 171 Å². The molecule has 6 heteroatoms. The molecule has 6 nitrogen and oxygen atoms in total. The molecule has 29 heavy (non-hydrogen) atoms. The lowest BCUT2D eigenvalue weighted by atomic mass is 9.96. The summed E-state index contributed by atoms with van der Waals surface area (Å²) >= 11 is 0. The van der Waals surface area contributed by atoms with Crippen LogP contribution in [0.4, 0.5) is 0 Å². The first-order valence-corrected chi connectivity index (χ1v) is 10.9. The van der Waals surface area contributed by atoms with Crippen molar-refractivity contribution in [1.82, 2.24) is 10.2 Å². The van der Waals surface area contributed by atoms with Crippen molar-refractivity contribution in [3.8, 4) is 5.75 Å². The number of hydrogen-bond donors (Lipinski definition) is 1. The molecule has 0 bridgehead atoms. The van der Waals surface area contributed by atoms with Crippen molar-refractivity contribution in [2.24, 2.45) is 5.92 Å². The number of piperidine rings is 1. The molecule has 1 aromatic carbocycles. The van der Waals surface area contributed by atoms with E-state index in [2.05, 4.69) is 5.32 Å². The van der Waals surface area contributed by atoms with E-state index in [4.69, 9.17) is 9.15 Å². The molecule has 2 aliphatic rings. The Hall–Kier alpha value is -2.50. The summed E-state index contributed by atoms with van der Waals surface area (Å²) in [4.78, 5) is 26.4. The smallest absolute Gasteiger partial charge is 0.260 e. The van der Waals surface area contributed by atoms with Crippen LogP contribution in [0.5, 0.6) is 5.75 Å². The summed E-state index contributed by atoms with van der Waals surface area (Å²) in [5, 5.41) is 4.07. The van der Waals surface area contributed by atoms with E-state index in [-0.39, 0.29) is 24.3 Å². The number of benzene rings is 1. The predicted molar refractivity (Wildman–Crippen MR) is 111 cm³/mol. The van der Waals surface area contributed by atoms with Crippen molar-refractivity contribution in [1.29, 1.82) is 0 Å². The zero-order chi connectivity index (χ0) is 20.2. The number of amides is 2. The van der Waals surface area contributed by atoms with E-state index in [0.29, 0.717) is 31.7 Å². The van der Waals surface area contributed by atoms with Gasteiger partial charge in [0.2, 0.25) is 5.91 Å². The summed E-state index contributed by atoms with van der Waals surface area (Å²) in [6, 6.07) is 5.81. The maximum atomic E-state index is 12.5. The summed E-state index contributed by atoms with van der Waals surface area (Å²) in [6.07, 6.45) is 6.80. The van der Waals surface area contributed by atoms with E-state index in [1.54, 1.807) is 0 Å². The molecule has 1 aliphatic carbocycles. The molecule has 2 amide bonds. The normalized spacial score (nSPS) is 17.2. The number of rotatable bonds is 6. The molecule has 0 radical (unpaired) electrons. The molecule has 0 atom stereocenters. The third-order valence-corrected chi connectivity index (χ3v) is 6.06. The van der Waals surface area contributed by atoms with Crippen LogP contribution in [0, 0.1) is 5.92 Å². The lowest BCUT2D eigenvalue weighted by molar-refractivity contribution is -0.137. The van der Waals surface area contributed by atoms with E-state index in [1.807, 2.05) is 30.0 Å². The van der Waals surface area contributed by atoms with Crippen molar-refractivity contribution in [2.75, 3.05) is 26.2 Å². The third-order valence-electron chi connectivity index (χ3n) is 6.06. The monoisotopic (exact) mass is 398 g/mol. The predicted octanol–water partition coefficient (Wildman–Crippen LogP) is 3.46. The number of hydrogen-bond acceptors (Lipinski definition) is 4. The first-order chi connectivity index (χ1) is 14.2. The number of carbonyl (C=O) groups excluding carboxylic acids is 2. The second-order valence-electron chi connectivity index (χ2n) is 8.10. The van der Waals surface area contributed by atoms with Crippen molar-refractivity contribution in [2.45, 2.75) is 51.9 Å². The number of ether oxygens (including phenoxy) is 1. The second-order valence-corrected chi connectivity index (χ2v) is 8.10. The summed E-state index contributed by atoms with van der Waals surface area (Å²) in [5.41, 5.74) is 2.20. The van der Waals surface area contributed by atoms with Crippen LogP contribution >= 0.6 is 0 Å². The molecule has 156 valence electrons. The first-order valence-electron chi connectivity index (χ1n) is 10.9. The quantitative estimate of drug-likeness (QED) is 0.809. The molecular weight excluding hydrogens is 368 g/mol. The van der Waals surface area contributed by atoms with Crippen LogP contribution in [0.25, 0.3) is 11.0 Å². The molecule has 2 heterocycles. The average molecular weight is 399 g/mol. The largest absolute Gasteiger partial charge is 0.484 e. The van der Waals surface area contributed by atoms with Gasteiger partial charge >= 0.3 is 0 Å². The highest BCUT2D eigenvalue weighted by atomic mass is 16.5. The van der Waals surface area contributed by atoms with Gasteiger partial charge in [0.1, 0.15) is 17.1 Å². The summed E-state index contributed by atoms with van der Waals surface area (Å²) in [5.74, 6) is 1.92. The van der Waals surface area contributed by atoms with Gasteiger partial charge < -0.3 is 19.4 Å². The maximum absolute atomic E-state index is 12.5. The van der Waals surface area contributed by atoms with Crippen molar-refractivity contribution in [3.63, 3.8) is 0 Å². The van der Waals surface area contributed by atoms with E-state index in [1.165, 1.54) is 18.4 Å². The Bertz CT molecular complexity index is 880. The minimum Gasteiger partial charge on any atom is -0.484 e. The molecular formula is C23H30N2O4. The summed E-state index contributed by atoms with van der Waals surface area (Å²) < 4.78 is 11.8. The lowest BCUT2D eigenvalue weighted by Crippen LogP contribution is -2.44.